The van der Waals surface area contributed by atoms with E-state index < -0.39 is 0 Å². The van der Waals surface area contributed by atoms with Gasteiger partial charge >= 0.3 is 0 Å². The Bertz CT molecular complexity index is 250. The second-order valence-electron chi connectivity index (χ2n) is 3.10. The van der Waals surface area contributed by atoms with Gasteiger partial charge in [0, 0.05) is 19.3 Å². The molecule has 0 spiro atoms. The number of aliphatic hydroxyl groups excluding tert-OH is 1. The van der Waals surface area contributed by atoms with Gasteiger partial charge in [0.1, 0.15) is 0 Å². The molecule has 1 aliphatic heterocycles. The number of hydrogen-bond acceptors (Lipinski definition) is 3. The van der Waals surface area contributed by atoms with Gasteiger partial charge in [-0.05, 0) is 18.6 Å². The first-order chi connectivity index (χ1) is 5.86. The second kappa shape index (κ2) is 3.11. The van der Waals surface area contributed by atoms with Crippen LogP contribution in [-0.2, 0) is 0 Å². The van der Waals surface area contributed by atoms with E-state index in [1.54, 1.807) is 6.20 Å². The van der Waals surface area contributed by atoms with Gasteiger partial charge in [0.15, 0.2) is 0 Å². The molecule has 0 saturated carbocycles. The molecule has 1 fully saturated rings. The Balaban J connectivity index is 2.11. The molecule has 64 valence electrons. The van der Waals surface area contributed by atoms with Gasteiger partial charge in [-0.15, -0.1) is 0 Å². The molecule has 1 atom stereocenters. The quantitative estimate of drug-likeness (QED) is 0.662. The van der Waals surface area contributed by atoms with Gasteiger partial charge in [-0.25, -0.2) is 0 Å². The summed E-state index contributed by atoms with van der Waals surface area (Å²) in [4.78, 5) is 6.18. The van der Waals surface area contributed by atoms with Crippen molar-refractivity contribution < 1.29 is 5.11 Å². The summed E-state index contributed by atoms with van der Waals surface area (Å²) in [5.41, 5.74) is 1.11. The molecule has 2 heterocycles. The standard InChI is InChI=1S/C9H12N2O/c12-9-3-5-11(7-9)8-2-1-4-10-6-8/h1-2,4,6,9,12H,3,5,7H2/t9-/m0/s1. The summed E-state index contributed by atoms with van der Waals surface area (Å²) in [5, 5.41) is 9.30. The van der Waals surface area contributed by atoms with Crippen LogP contribution in [0.3, 0.4) is 0 Å². The van der Waals surface area contributed by atoms with E-state index in [-0.39, 0.29) is 6.10 Å². The van der Waals surface area contributed by atoms with Crippen LogP contribution in [0.5, 0.6) is 0 Å². The Morgan fingerprint density at radius 3 is 3.08 bits per heavy atom. The van der Waals surface area contributed by atoms with Crippen LogP contribution in [0.2, 0.25) is 0 Å². The first kappa shape index (κ1) is 7.55. The van der Waals surface area contributed by atoms with E-state index in [1.807, 2.05) is 18.3 Å². The second-order valence-corrected chi connectivity index (χ2v) is 3.10. The van der Waals surface area contributed by atoms with E-state index in [1.165, 1.54) is 0 Å². The minimum absolute atomic E-state index is 0.162. The van der Waals surface area contributed by atoms with Crippen LogP contribution < -0.4 is 4.90 Å². The lowest BCUT2D eigenvalue weighted by molar-refractivity contribution is 0.198. The van der Waals surface area contributed by atoms with Crippen molar-refractivity contribution in [1.29, 1.82) is 0 Å². The molecule has 1 aromatic heterocycles. The van der Waals surface area contributed by atoms with E-state index in [2.05, 4.69) is 9.88 Å². The van der Waals surface area contributed by atoms with E-state index in [0.29, 0.717) is 0 Å². The van der Waals surface area contributed by atoms with Gasteiger partial charge in [0.05, 0.1) is 18.0 Å². The van der Waals surface area contributed by atoms with Crippen molar-refractivity contribution >= 4 is 5.69 Å². The SMILES string of the molecule is O[C@H]1CCN(c2cccnc2)C1. The normalized spacial score (nSPS) is 23.1. The van der Waals surface area contributed by atoms with Crippen LogP contribution >= 0.6 is 0 Å². The first-order valence-electron chi connectivity index (χ1n) is 4.19. The van der Waals surface area contributed by atoms with Crippen LogP contribution in [0, 0.1) is 0 Å². The molecule has 0 bridgehead atoms. The van der Waals surface area contributed by atoms with Crippen molar-refractivity contribution in [3.05, 3.63) is 24.5 Å². The molecule has 0 aromatic carbocycles. The molecule has 12 heavy (non-hydrogen) atoms. The first-order valence-corrected chi connectivity index (χ1v) is 4.19. The van der Waals surface area contributed by atoms with Gasteiger partial charge in [0.2, 0.25) is 0 Å². The van der Waals surface area contributed by atoms with Crippen LogP contribution in [0.25, 0.3) is 0 Å². The average Bonchev–Trinajstić information content (AvgIpc) is 2.54. The van der Waals surface area contributed by atoms with Crippen molar-refractivity contribution in [2.45, 2.75) is 12.5 Å². The van der Waals surface area contributed by atoms with Crippen molar-refractivity contribution in [2.24, 2.45) is 0 Å². The Morgan fingerprint density at radius 2 is 2.50 bits per heavy atom. The number of β-amino-alcohol motifs (C(OH)–C–C–N with tert-alkyl or cyclic N) is 1. The highest BCUT2D eigenvalue weighted by molar-refractivity contribution is 5.44. The van der Waals surface area contributed by atoms with Gasteiger partial charge in [-0.1, -0.05) is 0 Å². The van der Waals surface area contributed by atoms with Gasteiger partial charge in [-0.3, -0.25) is 4.98 Å². The molecular weight excluding hydrogens is 152 g/mol. The summed E-state index contributed by atoms with van der Waals surface area (Å²) in [5.74, 6) is 0. The predicted octanol–water partition coefficient (Wildman–Crippen LogP) is 0.653. The number of aliphatic hydroxyl groups is 1. The molecule has 1 N–H and O–H groups in total. The molecular formula is C9H12N2O. The maximum absolute atomic E-state index is 9.30. The molecule has 3 heteroatoms. The Kier molecular flexibility index (Phi) is 1.96. The lowest BCUT2D eigenvalue weighted by Crippen LogP contribution is -2.20. The molecule has 3 nitrogen and oxygen atoms in total. The fourth-order valence-corrected chi connectivity index (χ4v) is 1.52. The molecule has 1 saturated heterocycles. The minimum Gasteiger partial charge on any atom is -0.391 e. The van der Waals surface area contributed by atoms with Crippen molar-refractivity contribution in [3.63, 3.8) is 0 Å². The summed E-state index contributed by atoms with van der Waals surface area (Å²) in [6.45, 7) is 1.68. The predicted molar refractivity (Wildman–Crippen MR) is 47.1 cm³/mol. The summed E-state index contributed by atoms with van der Waals surface area (Å²) >= 11 is 0. The third-order valence-corrected chi connectivity index (χ3v) is 2.17. The molecule has 0 amide bonds. The van der Waals surface area contributed by atoms with Crippen molar-refractivity contribution in [3.8, 4) is 0 Å². The molecule has 1 aromatic rings. The number of nitrogens with zero attached hydrogens (tertiary/aromatic N) is 2. The average molecular weight is 164 g/mol. The Morgan fingerprint density at radius 1 is 1.58 bits per heavy atom. The van der Waals surface area contributed by atoms with Gasteiger partial charge < -0.3 is 10.0 Å². The molecule has 0 radical (unpaired) electrons. The Hall–Kier alpha value is -1.09. The summed E-state index contributed by atoms with van der Waals surface area (Å²) < 4.78 is 0. The molecule has 0 unspecified atom stereocenters. The number of rotatable bonds is 1. The highest BCUT2D eigenvalue weighted by Crippen LogP contribution is 2.18. The smallest absolute Gasteiger partial charge is 0.0731 e. The fourth-order valence-electron chi connectivity index (χ4n) is 1.52. The van der Waals surface area contributed by atoms with Crippen LogP contribution in [0.15, 0.2) is 24.5 Å². The maximum Gasteiger partial charge on any atom is 0.0731 e. The fraction of sp³-hybridized carbons (Fsp3) is 0.444. The highest BCUT2D eigenvalue weighted by atomic mass is 16.3. The largest absolute Gasteiger partial charge is 0.391 e. The molecule has 2 rings (SSSR count). The number of hydrogen-bond donors (Lipinski definition) is 1. The van der Waals surface area contributed by atoms with Crippen molar-refractivity contribution in [1.82, 2.24) is 4.98 Å². The summed E-state index contributed by atoms with van der Waals surface area (Å²) in [6, 6.07) is 3.94. The summed E-state index contributed by atoms with van der Waals surface area (Å²) in [6.07, 6.45) is 4.30. The maximum atomic E-state index is 9.30. The number of pyridine rings is 1. The third kappa shape index (κ3) is 1.41. The lowest BCUT2D eigenvalue weighted by Gasteiger charge is -2.16. The van der Waals surface area contributed by atoms with E-state index >= 15 is 0 Å². The minimum atomic E-state index is -0.162. The molecule has 1 aliphatic rings. The zero-order valence-corrected chi connectivity index (χ0v) is 6.85. The van der Waals surface area contributed by atoms with E-state index in [4.69, 9.17) is 0 Å². The Labute approximate surface area is 71.7 Å². The van der Waals surface area contributed by atoms with Gasteiger partial charge in [-0.2, -0.15) is 0 Å². The monoisotopic (exact) mass is 164 g/mol. The topological polar surface area (TPSA) is 36.4 Å². The molecule has 0 aliphatic carbocycles. The zero-order valence-electron chi connectivity index (χ0n) is 6.85. The highest BCUT2D eigenvalue weighted by Gasteiger charge is 2.19. The van der Waals surface area contributed by atoms with E-state index in [0.717, 1.165) is 25.2 Å². The third-order valence-electron chi connectivity index (χ3n) is 2.17. The van der Waals surface area contributed by atoms with Crippen LogP contribution in [0.4, 0.5) is 5.69 Å². The summed E-state index contributed by atoms with van der Waals surface area (Å²) in [7, 11) is 0. The van der Waals surface area contributed by atoms with Crippen molar-refractivity contribution in [2.75, 3.05) is 18.0 Å². The number of aromatic nitrogens is 1. The van der Waals surface area contributed by atoms with Crippen LogP contribution in [0.1, 0.15) is 6.42 Å². The zero-order chi connectivity index (χ0) is 8.39. The number of anilines is 1. The lowest BCUT2D eigenvalue weighted by atomic mass is 10.3. The van der Waals surface area contributed by atoms with Crippen LogP contribution in [-0.4, -0.2) is 29.3 Å². The van der Waals surface area contributed by atoms with Gasteiger partial charge in [0.25, 0.3) is 0 Å². The van der Waals surface area contributed by atoms with E-state index in [9.17, 15) is 5.11 Å².